The van der Waals surface area contributed by atoms with E-state index in [9.17, 15) is 0 Å². The Bertz CT molecular complexity index is 601. The molecular formula is C14H17ClN2O2S. The molecule has 1 aromatic carbocycles. The number of rotatable bonds is 5. The first-order chi connectivity index (χ1) is 9.60. The maximum absolute atomic E-state index is 6.24. The Morgan fingerprint density at radius 3 is 2.45 bits per heavy atom. The summed E-state index contributed by atoms with van der Waals surface area (Å²) in [5, 5.41) is 2.57. The molecule has 0 aliphatic rings. The van der Waals surface area contributed by atoms with Gasteiger partial charge >= 0.3 is 0 Å². The van der Waals surface area contributed by atoms with Crippen molar-refractivity contribution in [2.45, 2.75) is 13.0 Å². The lowest BCUT2D eigenvalue weighted by Crippen LogP contribution is -2.28. The number of methoxy groups -OCH3 is 2. The monoisotopic (exact) mass is 312 g/mol. The minimum Gasteiger partial charge on any atom is -0.493 e. The van der Waals surface area contributed by atoms with Gasteiger partial charge in [0.05, 0.1) is 25.3 Å². The third-order valence-corrected chi connectivity index (χ3v) is 4.20. The lowest BCUT2D eigenvalue weighted by molar-refractivity contribution is 0.354. The molecule has 2 rings (SSSR count). The first-order valence-electron chi connectivity index (χ1n) is 6.03. The summed E-state index contributed by atoms with van der Waals surface area (Å²) in [6.07, 6.45) is 0. The van der Waals surface area contributed by atoms with E-state index in [1.165, 1.54) is 4.88 Å². The van der Waals surface area contributed by atoms with Gasteiger partial charge in [-0.25, -0.2) is 5.43 Å². The van der Waals surface area contributed by atoms with Gasteiger partial charge in [-0.15, -0.1) is 11.3 Å². The topological polar surface area (TPSA) is 56.5 Å². The zero-order chi connectivity index (χ0) is 14.7. The minimum atomic E-state index is -0.141. The van der Waals surface area contributed by atoms with Crippen LogP contribution in [0.4, 0.5) is 0 Å². The third-order valence-electron chi connectivity index (χ3n) is 3.04. The zero-order valence-electron chi connectivity index (χ0n) is 11.6. The van der Waals surface area contributed by atoms with E-state index in [1.54, 1.807) is 25.6 Å². The van der Waals surface area contributed by atoms with Gasteiger partial charge in [-0.2, -0.15) is 0 Å². The molecule has 2 aromatic rings. The highest BCUT2D eigenvalue weighted by atomic mass is 35.5. The van der Waals surface area contributed by atoms with Crippen molar-refractivity contribution in [2.75, 3.05) is 14.2 Å². The summed E-state index contributed by atoms with van der Waals surface area (Å²) in [5.74, 6) is 6.81. The maximum Gasteiger partial charge on any atom is 0.179 e. The molecule has 108 valence electrons. The second kappa shape index (κ2) is 6.45. The number of ether oxygens (including phenoxy) is 2. The average Bonchev–Trinajstić information content (AvgIpc) is 2.85. The predicted molar refractivity (Wildman–Crippen MR) is 82.8 cm³/mol. The lowest BCUT2D eigenvalue weighted by atomic mass is 10.0. The van der Waals surface area contributed by atoms with Gasteiger partial charge in [0.2, 0.25) is 0 Å². The van der Waals surface area contributed by atoms with Gasteiger partial charge in [-0.1, -0.05) is 11.6 Å². The highest BCUT2D eigenvalue weighted by Crippen LogP contribution is 2.39. The van der Waals surface area contributed by atoms with Crippen LogP contribution in [0.3, 0.4) is 0 Å². The predicted octanol–water partition coefficient (Wildman–Crippen LogP) is 3.28. The Balaban J connectivity index is 2.47. The normalized spacial score (nSPS) is 12.2. The number of benzene rings is 1. The van der Waals surface area contributed by atoms with Crippen molar-refractivity contribution in [1.82, 2.24) is 5.43 Å². The molecule has 1 heterocycles. The van der Waals surface area contributed by atoms with Crippen molar-refractivity contribution in [3.63, 3.8) is 0 Å². The van der Waals surface area contributed by atoms with Crippen LogP contribution in [-0.4, -0.2) is 14.2 Å². The molecule has 6 heteroatoms. The van der Waals surface area contributed by atoms with Crippen LogP contribution in [0.25, 0.3) is 0 Å². The van der Waals surface area contributed by atoms with Crippen molar-refractivity contribution < 1.29 is 9.47 Å². The highest BCUT2D eigenvalue weighted by molar-refractivity contribution is 7.10. The van der Waals surface area contributed by atoms with Crippen LogP contribution in [0.5, 0.6) is 11.5 Å². The fourth-order valence-electron chi connectivity index (χ4n) is 2.10. The highest BCUT2D eigenvalue weighted by Gasteiger charge is 2.18. The smallest absolute Gasteiger partial charge is 0.179 e. The number of hydrazine groups is 1. The molecule has 1 unspecified atom stereocenters. The summed E-state index contributed by atoms with van der Waals surface area (Å²) in [6.45, 7) is 2.06. The standard InChI is InChI=1S/C14H17ClN2O2S/c1-8-4-10(7-20-8)13(17-16)9-5-11(15)14(19-3)12(6-9)18-2/h4-7,13,17H,16H2,1-3H3. The fourth-order valence-corrected chi connectivity index (χ4v) is 3.13. The van der Waals surface area contributed by atoms with Crippen molar-refractivity contribution in [3.8, 4) is 11.5 Å². The molecule has 3 N–H and O–H groups in total. The van der Waals surface area contributed by atoms with Gasteiger partial charge in [-0.3, -0.25) is 5.84 Å². The largest absolute Gasteiger partial charge is 0.493 e. The number of halogens is 1. The molecule has 0 saturated carbocycles. The minimum absolute atomic E-state index is 0.141. The van der Waals surface area contributed by atoms with Crippen LogP contribution in [-0.2, 0) is 0 Å². The molecule has 1 aromatic heterocycles. The summed E-state index contributed by atoms with van der Waals surface area (Å²) >= 11 is 7.92. The molecule has 0 amide bonds. The summed E-state index contributed by atoms with van der Waals surface area (Å²) in [5.41, 5.74) is 4.84. The van der Waals surface area contributed by atoms with Crippen LogP contribution in [0.2, 0.25) is 5.02 Å². The molecule has 0 bridgehead atoms. The van der Waals surface area contributed by atoms with E-state index < -0.39 is 0 Å². The number of thiophene rings is 1. The number of nitrogens with one attached hydrogen (secondary N) is 1. The average molecular weight is 313 g/mol. The molecule has 20 heavy (non-hydrogen) atoms. The van der Waals surface area contributed by atoms with Crippen LogP contribution in [0.1, 0.15) is 22.0 Å². The summed E-state index contributed by atoms with van der Waals surface area (Å²) in [7, 11) is 3.14. The molecule has 0 radical (unpaired) electrons. The number of hydrogen-bond donors (Lipinski definition) is 2. The first kappa shape index (κ1) is 15.1. The van der Waals surface area contributed by atoms with E-state index in [2.05, 4.69) is 23.8 Å². The Kier molecular flexibility index (Phi) is 4.88. The summed E-state index contributed by atoms with van der Waals surface area (Å²) in [6, 6.07) is 5.67. The molecule has 0 fully saturated rings. The van der Waals surface area contributed by atoms with Crippen LogP contribution >= 0.6 is 22.9 Å². The molecule has 0 spiro atoms. The van der Waals surface area contributed by atoms with E-state index >= 15 is 0 Å². The van der Waals surface area contributed by atoms with Gasteiger partial charge in [0, 0.05) is 4.88 Å². The lowest BCUT2D eigenvalue weighted by Gasteiger charge is -2.18. The van der Waals surface area contributed by atoms with Crippen molar-refractivity contribution in [2.24, 2.45) is 5.84 Å². The van der Waals surface area contributed by atoms with Gasteiger partial charge in [0.15, 0.2) is 11.5 Å². The first-order valence-corrected chi connectivity index (χ1v) is 7.29. The Morgan fingerprint density at radius 2 is 1.95 bits per heavy atom. The van der Waals surface area contributed by atoms with Gasteiger partial charge in [0.1, 0.15) is 0 Å². The van der Waals surface area contributed by atoms with Crippen LogP contribution in [0, 0.1) is 6.92 Å². The number of nitrogens with two attached hydrogens (primary N) is 1. The van der Waals surface area contributed by atoms with Crippen molar-refractivity contribution >= 4 is 22.9 Å². The van der Waals surface area contributed by atoms with Gasteiger partial charge in [0.25, 0.3) is 0 Å². The van der Waals surface area contributed by atoms with Gasteiger partial charge < -0.3 is 9.47 Å². The van der Waals surface area contributed by atoms with Crippen LogP contribution in [0.15, 0.2) is 23.6 Å². The molecule has 0 aliphatic heterocycles. The van der Waals surface area contributed by atoms with E-state index in [-0.39, 0.29) is 6.04 Å². The number of hydrogen-bond acceptors (Lipinski definition) is 5. The fraction of sp³-hybridized carbons (Fsp3) is 0.286. The summed E-state index contributed by atoms with van der Waals surface area (Å²) in [4.78, 5) is 1.23. The Labute approximate surface area is 127 Å². The summed E-state index contributed by atoms with van der Waals surface area (Å²) < 4.78 is 10.6. The molecule has 0 aliphatic carbocycles. The molecular weight excluding hydrogens is 296 g/mol. The van der Waals surface area contributed by atoms with Crippen molar-refractivity contribution in [3.05, 3.63) is 44.6 Å². The molecule has 1 atom stereocenters. The molecule has 4 nitrogen and oxygen atoms in total. The SMILES string of the molecule is COc1cc(C(NN)c2csc(C)c2)cc(Cl)c1OC. The Morgan fingerprint density at radius 1 is 1.20 bits per heavy atom. The van der Waals surface area contributed by atoms with E-state index in [1.807, 2.05) is 12.1 Å². The van der Waals surface area contributed by atoms with Crippen molar-refractivity contribution in [1.29, 1.82) is 0 Å². The van der Waals surface area contributed by atoms with E-state index in [0.29, 0.717) is 16.5 Å². The quantitative estimate of drug-likeness (QED) is 0.657. The zero-order valence-corrected chi connectivity index (χ0v) is 13.1. The maximum atomic E-state index is 6.24. The van der Waals surface area contributed by atoms with Gasteiger partial charge in [-0.05, 0) is 41.6 Å². The Hall–Kier alpha value is -1.27. The number of aryl methyl sites for hydroxylation is 1. The third kappa shape index (κ3) is 2.91. The second-order valence-corrected chi connectivity index (χ2v) is 5.85. The second-order valence-electron chi connectivity index (χ2n) is 4.33. The molecule has 0 saturated heterocycles. The van der Waals surface area contributed by atoms with E-state index in [4.69, 9.17) is 26.9 Å². The van der Waals surface area contributed by atoms with Crippen LogP contribution < -0.4 is 20.7 Å². The van der Waals surface area contributed by atoms with E-state index in [0.717, 1.165) is 11.1 Å².